The molecule has 0 bridgehead atoms. The van der Waals surface area contributed by atoms with Gasteiger partial charge in [0.25, 0.3) is 0 Å². The highest BCUT2D eigenvalue weighted by Crippen LogP contribution is 2.29. The van der Waals surface area contributed by atoms with Crippen molar-refractivity contribution in [3.63, 3.8) is 0 Å². The van der Waals surface area contributed by atoms with Crippen molar-refractivity contribution in [2.45, 2.75) is 17.7 Å². The molecule has 0 saturated carbocycles. The maximum Gasteiger partial charge on any atom is 0.0819 e. The van der Waals surface area contributed by atoms with Gasteiger partial charge in [0.1, 0.15) is 0 Å². The molecule has 68 valence electrons. The summed E-state index contributed by atoms with van der Waals surface area (Å²) in [5, 5.41) is 0. The van der Waals surface area contributed by atoms with Gasteiger partial charge in [0.05, 0.1) is 21.4 Å². The van der Waals surface area contributed by atoms with Gasteiger partial charge in [0.15, 0.2) is 0 Å². The van der Waals surface area contributed by atoms with Gasteiger partial charge in [-0.1, -0.05) is 12.1 Å². The molecule has 2 nitrogen and oxygen atoms in total. The molecule has 0 amide bonds. The molecule has 1 unspecified atom stereocenters. The number of nitrogens with zero attached hydrogens (tertiary/aromatic N) is 1. The lowest BCUT2D eigenvalue weighted by atomic mass is 10.1. The van der Waals surface area contributed by atoms with Crippen LogP contribution in [0.3, 0.4) is 0 Å². The van der Waals surface area contributed by atoms with Crippen molar-refractivity contribution in [1.29, 1.82) is 0 Å². The maximum absolute atomic E-state index is 11.4. The van der Waals surface area contributed by atoms with E-state index in [9.17, 15) is 4.21 Å². The Balaban J connectivity index is 2.60. The smallest absolute Gasteiger partial charge is 0.0819 e. The third-order valence-electron chi connectivity index (χ3n) is 2.16. The van der Waals surface area contributed by atoms with Crippen LogP contribution in [0, 0.1) is 0 Å². The minimum atomic E-state index is -0.932. The monoisotopic (exact) mass is 193 g/mol. The van der Waals surface area contributed by atoms with Crippen LogP contribution in [0.2, 0.25) is 0 Å². The van der Waals surface area contributed by atoms with Gasteiger partial charge in [-0.2, -0.15) is 0 Å². The number of benzene rings is 1. The molecule has 1 aliphatic rings. The van der Waals surface area contributed by atoms with Crippen molar-refractivity contribution in [2.24, 2.45) is 4.99 Å². The van der Waals surface area contributed by atoms with Gasteiger partial charge in [0, 0.05) is 12.5 Å². The van der Waals surface area contributed by atoms with Crippen molar-refractivity contribution in [3.05, 3.63) is 23.8 Å². The number of rotatable bonds is 1. The van der Waals surface area contributed by atoms with Crippen LogP contribution in [0.25, 0.3) is 0 Å². The Hall–Kier alpha value is -0.960. The predicted molar refractivity (Wildman–Crippen MR) is 55.2 cm³/mol. The van der Waals surface area contributed by atoms with Gasteiger partial charge >= 0.3 is 0 Å². The fourth-order valence-electron chi connectivity index (χ4n) is 1.52. The standard InChI is InChI=1S/C10H11NOS/c1-13(12)9-6-2-4-8-5-3-7-11-10(8)9/h2,4,6-7H,3,5H2,1H3. The molecule has 1 aromatic rings. The molecule has 1 heterocycles. The quantitative estimate of drug-likeness (QED) is 0.671. The zero-order chi connectivity index (χ0) is 9.26. The van der Waals surface area contributed by atoms with Crippen molar-refractivity contribution >= 4 is 22.7 Å². The first-order valence-corrected chi connectivity index (χ1v) is 5.82. The van der Waals surface area contributed by atoms with Crippen LogP contribution in [-0.4, -0.2) is 16.7 Å². The Labute approximate surface area is 80.2 Å². The number of aryl methyl sites for hydroxylation is 1. The normalized spacial score (nSPS) is 16.7. The fraction of sp³-hybridized carbons (Fsp3) is 0.300. The van der Waals surface area contributed by atoms with Gasteiger partial charge in [-0.25, -0.2) is 0 Å². The zero-order valence-corrected chi connectivity index (χ0v) is 8.30. The van der Waals surface area contributed by atoms with Crippen LogP contribution in [0.15, 0.2) is 28.1 Å². The van der Waals surface area contributed by atoms with E-state index >= 15 is 0 Å². The molecule has 13 heavy (non-hydrogen) atoms. The Morgan fingerprint density at radius 1 is 1.46 bits per heavy atom. The molecule has 1 aliphatic heterocycles. The summed E-state index contributed by atoms with van der Waals surface area (Å²) in [5.74, 6) is 0. The van der Waals surface area contributed by atoms with E-state index in [4.69, 9.17) is 0 Å². The van der Waals surface area contributed by atoms with E-state index in [0.29, 0.717) is 0 Å². The van der Waals surface area contributed by atoms with Crippen LogP contribution in [0.1, 0.15) is 12.0 Å². The van der Waals surface area contributed by atoms with Crippen LogP contribution in [0.4, 0.5) is 5.69 Å². The first-order valence-electron chi connectivity index (χ1n) is 4.27. The summed E-state index contributed by atoms with van der Waals surface area (Å²) < 4.78 is 11.4. The molecule has 0 fully saturated rings. The first-order chi connectivity index (χ1) is 6.29. The second-order valence-corrected chi connectivity index (χ2v) is 4.42. The maximum atomic E-state index is 11.4. The molecular weight excluding hydrogens is 182 g/mol. The number of fused-ring (bicyclic) bond motifs is 1. The minimum Gasteiger partial charge on any atom is -0.260 e. The summed E-state index contributed by atoms with van der Waals surface area (Å²) in [7, 11) is -0.932. The Kier molecular flexibility index (Phi) is 2.27. The third-order valence-corrected chi connectivity index (χ3v) is 3.10. The molecule has 0 aliphatic carbocycles. The van der Waals surface area contributed by atoms with Crippen LogP contribution < -0.4 is 0 Å². The van der Waals surface area contributed by atoms with E-state index < -0.39 is 10.8 Å². The average molecular weight is 193 g/mol. The van der Waals surface area contributed by atoms with Gasteiger partial charge in [-0.3, -0.25) is 9.20 Å². The second kappa shape index (κ2) is 3.42. The van der Waals surface area contributed by atoms with Crippen molar-refractivity contribution in [1.82, 2.24) is 0 Å². The topological polar surface area (TPSA) is 29.4 Å². The molecule has 2 rings (SSSR count). The molecule has 1 aromatic carbocycles. The molecule has 0 saturated heterocycles. The second-order valence-electron chi connectivity index (χ2n) is 3.07. The number of hydrogen-bond acceptors (Lipinski definition) is 2. The molecule has 0 spiro atoms. The number of hydrogen-bond donors (Lipinski definition) is 0. The SMILES string of the molecule is CS(=O)c1cccc2c1N=CCC2. The summed E-state index contributed by atoms with van der Waals surface area (Å²) in [6.45, 7) is 0. The fourth-order valence-corrected chi connectivity index (χ4v) is 2.25. The number of para-hydroxylation sites is 1. The first kappa shape index (κ1) is 8.63. The highest BCUT2D eigenvalue weighted by Gasteiger charge is 2.11. The van der Waals surface area contributed by atoms with E-state index in [-0.39, 0.29) is 0 Å². The van der Waals surface area contributed by atoms with E-state index in [1.165, 1.54) is 5.56 Å². The highest BCUT2D eigenvalue weighted by molar-refractivity contribution is 7.84. The van der Waals surface area contributed by atoms with Crippen LogP contribution in [-0.2, 0) is 17.2 Å². The zero-order valence-electron chi connectivity index (χ0n) is 7.49. The molecule has 0 N–H and O–H groups in total. The summed E-state index contributed by atoms with van der Waals surface area (Å²) in [6.07, 6.45) is 5.61. The molecule has 0 radical (unpaired) electrons. The van der Waals surface area contributed by atoms with Gasteiger partial charge in [-0.05, 0) is 24.5 Å². The lowest BCUT2D eigenvalue weighted by Gasteiger charge is -2.11. The van der Waals surface area contributed by atoms with E-state index in [2.05, 4.69) is 11.1 Å². The number of aliphatic imine (C=N–C) groups is 1. The van der Waals surface area contributed by atoms with Gasteiger partial charge in [-0.15, -0.1) is 0 Å². The molecule has 0 aromatic heterocycles. The lowest BCUT2D eigenvalue weighted by Crippen LogP contribution is -1.98. The van der Waals surface area contributed by atoms with E-state index in [1.54, 1.807) is 6.26 Å². The predicted octanol–water partition coefficient (Wildman–Crippen LogP) is 2.07. The highest BCUT2D eigenvalue weighted by atomic mass is 32.2. The van der Waals surface area contributed by atoms with Crippen molar-refractivity contribution < 1.29 is 4.21 Å². The molecular formula is C10H11NOS. The van der Waals surface area contributed by atoms with Gasteiger partial charge < -0.3 is 0 Å². The summed E-state index contributed by atoms with van der Waals surface area (Å²) in [6, 6.07) is 5.90. The Morgan fingerprint density at radius 3 is 3.08 bits per heavy atom. The molecule has 1 atom stereocenters. The van der Waals surface area contributed by atoms with Crippen LogP contribution >= 0.6 is 0 Å². The Bertz CT molecular complexity index is 385. The minimum absolute atomic E-state index is 0.855. The summed E-state index contributed by atoms with van der Waals surface area (Å²) in [5.41, 5.74) is 2.14. The van der Waals surface area contributed by atoms with Gasteiger partial charge in [0.2, 0.25) is 0 Å². The average Bonchev–Trinajstić information content (AvgIpc) is 2.17. The van der Waals surface area contributed by atoms with E-state index in [1.807, 2.05) is 18.3 Å². The molecule has 3 heteroatoms. The van der Waals surface area contributed by atoms with Crippen molar-refractivity contribution in [2.75, 3.05) is 6.26 Å². The summed E-state index contributed by atoms with van der Waals surface area (Å²) in [4.78, 5) is 5.15. The largest absolute Gasteiger partial charge is 0.260 e. The third kappa shape index (κ3) is 1.56. The van der Waals surface area contributed by atoms with E-state index in [0.717, 1.165) is 23.4 Å². The summed E-state index contributed by atoms with van der Waals surface area (Å²) >= 11 is 0. The lowest BCUT2D eigenvalue weighted by molar-refractivity contribution is 0.686. The Morgan fingerprint density at radius 2 is 2.31 bits per heavy atom. The van der Waals surface area contributed by atoms with Crippen LogP contribution in [0.5, 0.6) is 0 Å². The van der Waals surface area contributed by atoms with Crippen molar-refractivity contribution in [3.8, 4) is 0 Å².